The number of ether oxygens (including phenoxy) is 1. The van der Waals surface area contributed by atoms with Crippen molar-refractivity contribution in [2.75, 3.05) is 7.11 Å². The monoisotopic (exact) mass is 231 g/mol. The van der Waals surface area contributed by atoms with Gasteiger partial charge in [-0.15, -0.1) is 12.4 Å². The number of rotatable bonds is 4. The van der Waals surface area contributed by atoms with Gasteiger partial charge in [-0.2, -0.15) is 0 Å². The predicted molar refractivity (Wildman–Crippen MR) is 59.6 cm³/mol. The van der Waals surface area contributed by atoms with Crippen LogP contribution in [0.2, 0.25) is 0 Å². The van der Waals surface area contributed by atoms with Crippen LogP contribution < -0.4 is 10.5 Å². The van der Waals surface area contributed by atoms with E-state index in [4.69, 9.17) is 15.6 Å². The molecule has 3 N–H and O–H groups in total. The summed E-state index contributed by atoms with van der Waals surface area (Å²) in [4.78, 5) is 10.5. The molecule has 0 aliphatic heterocycles. The van der Waals surface area contributed by atoms with E-state index in [1.807, 2.05) is 18.2 Å². The van der Waals surface area contributed by atoms with E-state index in [0.29, 0.717) is 5.75 Å². The number of carbonyl (C=O) groups is 1. The minimum atomic E-state index is -1.00. The fraction of sp³-hybridized carbons (Fsp3) is 0.300. The zero-order chi connectivity index (χ0) is 10.6. The van der Waals surface area contributed by atoms with Crippen LogP contribution in [0.5, 0.6) is 5.75 Å². The van der Waals surface area contributed by atoms with Gasteiger partial charge >= 0.3 is 5.97 Å². The van der Waals surface area contributed by atoms with Crippen molar-refractivity contribution in [2.24, 2.45) is 5.73 Å². The average molecular weight is 232 g/mol. The minimum Gasteiger partial charge on any atom is -0.496 e. The Kier molecular flexibility index (Phi) is 5.74. The Morgan fingerprint density at radius 3 is 2.67 bits per heavy atom. The van der Waals surface area contributed by atoms with Crippen LogP contribution in [0.3, 0.4) is 0 Å². The lowest BCUT2D eigenvalue weighted by atomic mass is 10.1. The normalized spacial score (nSPS) is 11.3. The van der Waals surface area contributed by atoms with Crippen LogP contribution in [0, 0.1) is 0 Å². The Balaban J connectivity index is 0.00000196. The second-order valence-electron chi connectivity index (χ2n) is 2.96. The molecule has 0 aliphatic rings. The van der Waals surface area contributed by atoms with Crippen molar-refractivity contribution in [1.29, 1.82) is 0 Å². The fourth-order valence-electron chi connectivity index (χ4n) is 1.20. The summed E-state index contributed by atoms with van der Waals surface area (Å²) in [6, 6.07) is 6.36. The summed E-state index contributed by atoms with van der Waals surface area (Å²) in [6.45, 7) is 0. The summed E-state index contributed by atoms with van der Waals surface area (Å²) in [5.41, 5.74) is 6.23. The maximum Gasteiger partial charge on any atom is 0.320 e. The molecule has 0 aromatic heterocycles. The topological polar surface area (TPSA) is 72.5 Å². The highest BCUT2D eigenvalue weighted by Crippen LogP contribution is 2.18. The first-order valence-corrected chi connectivity index (χ1v) is 4.25. The van der Waals surface area contributed by atoms with Crippen LogP contribution in [0.25, 0.3) is 0 Å². The van der Waals surface area contributed by atoms with E-state index < -0.39 is 12.0 Å². The molecule has 1 rings (SSSR count). The second-order valence-corrected chi connectivity index (χ2v) is 2.96. The first kappa shape index (κ1) is 13.7. The van der Waals surface area contributed by atoms with Gasteiger partial charge in [0.15, 0.2) is 0 Å². The van der Waals surface area contributed by atoms with Crippen molar-refractivity contribution < 1.29 is 14.6 Å². The lowest BCUT2D eigenvalue weighted by Crippen LogP contribution is -2.32. The third-order valence-corrected chi connectivity index (χ3v) is 1.95. The number of carboxylic acid groups (broad SMARTS) is 1. The number of hydrogen-bond donors (Lipinski definition) is 2. The van der Waals surface area contributed by atoms with Crippen LogP contribution in [0.4, 0.5) is 0 Å². The van der Waals surface area contributed by atoms with Gasteiger partial charge in [0.05, 0.1) is 7.11 Å². The molecule has 0 aliphatic carbocycles. The Labute approximate surface area is 94.5 Å². The number of aliphatic carboxylic acids is 1. The number of benzene rings is 1. The fourth-order valence-corrected chi connectivity index (χ4v) is 1.20. The number of hydrogen-bond acceptors (Lipinski definition) is 3. The van der Waals surface area contributed by atoms with Crippen molar-refractivity contribution >= 4 is 18.4 Å². The molecule has 0 heterocycles. The van der Waals surface area contributed by atoms with Gasteiger partial charge in [-0.3, -0.25) is 4.79 Å². The first-order valence-electron chi connectivity index (χ1n) is 4.25. The molecule has 1 aromatic rings. The molecule has 1 atom stereocenters. The van der Waals surface area contributed by atoms with Gasteiger partial charge in [0, 0.05) is 6.42 Å². The van der Waals surface area contributed by atoms with E-state index in [9.17, 15) is 4.79 Å². The maximum atomic E-state index is 10.5. The van der Waals surface area contributed by atoms with Crippen LogP contribution in [-0.2, 0) is 11.2 Å². The Morgan fingerprint density at radius 2 is 2.13 bits per heavy atom. The van der Waals surface area contributed by atoms with Crippen LogP contribution >= 0.6 is 12.4 Å². The zero-order valence-corrected chi connectivity index (χ0v) is 9.16. The first-order chi connectivity index (χ1) is 6.65. The van der Waals surface area contributed by atoms with Crippen molar-refractivity contribution in [1.82, 2.24) is 0 Å². The minimum absolute atomic E-state index is 0. The molecule has 0 radical (unpaired) electrons. The number of carboxylic acids is 1. The predicted octanol–water partition coefficient (Wildman–Crippen LogP) is 1.07. The summed E-state index contributed by atoms with van der Waals surface area (Å²) in [7, 11) is 1.55. The molecule has 0 unspecified atom stereocenters. The van der Waals surface area contributed by atoms with Gasteiger partial charge in [-0.1, -0.05) is 18.2 Å². The van der Waals surface area contributed by atoms with E-state index in [0.717, 1.165) is 5.56 Å². The van der Waals surface area contributed by atoms with E-state index in [-0.39, 0.29) is 18.8 Å². The van der Waals surface area contributed by atoms with Crippen molar-refractivity contribution in [3.63, 3.8) is 0 Å². The molecule has 1 aromatic carbocycles. The smallest absolute Gasteiger partial charge is 0.320 e. The molecule has 0 saturated carbocycles. The lowest BCUT2D eigenvalue weighted by Gasteiger charge is -2.10. The Morgan fingerprint density at radius 1 is 1.53 bits per heavy atom. The van der Waals surface area contributed by atoms with Crippen LogP contribution in [-0.4, -0.2) is 24.2 Å². The summed E-state index contributed by atoms with van der Waals surface area (Å²) in [6.07, 6.45) is 0.277. The number of nitrogens with two attached hydrogens (primary N) is 1. The van der Waals surface area contributed by atoms with Crippen molar-refractivity contribution in [2.45, 2.75) is 12.5 Å². The third kappa shape index (κ3) is 3.77. The van der Waals surface area contributed by atoms with Crippen LogP contribution in [0.1, 0.15) is 5.56 Å². The van der Waals surface area contributed by atoms with Gasteiger partial charge in [0.2, 0.25) is 0 Å². The highest BCUT2D eigenvalue weighted by atomic mass is 35.5. The Hall–Kier alpha value is -1.26. The van der Waals surface area contributed by atoms with E-state index in [2.05, 4.69) is 0 Å². The highest BCUT2D eigenvalue weighted by Gasteiger charge is 2.14. The number of para-hydroxylation sites is 1. The molecule has 0 spiro atoms. The number of methoxy groups -OCH3 is 1. The van der Waals surface area contributed by atoms with Gasteiger partial charge in [0.25, 0.3) is 0 Å². The van der Waals surface area contributed by atoms with E-state index in [1.54, 1.807) is 13.2 Å². The third-order valence-electron chi connectivity index (χ3n) is 1.95. The quantitative estimate of drug-likeness (QED) is 0.813. The largest absolute Gasteiger partial charge is 0.496 e. The average Bonchev–Trinajstić information content (AvgIpc) is 2.18. The molecular formula is C10H14ClNO3. The highest BCUT2D eigenvalue weighted by molar-refractivity contribution is 5.85. The van der Waals surface area contributed by atoms with Crippen LogP contribution in [0.15, 0.2) is 24.3 Å². The van der Waals surface area contributed by atoms with Gasteiger partial charge < -0.3 is 15.6 Å². The summed E-state index contributed by atoms with van der Waals surface area (Å²) in [5, 5.41) is 8.64. The molecule has 5 heteroatoms. The van der Waals surface area contributed by atoms with Gasteiger partial charge in [-0.05, 0) is 11.6 Å². The molecule has 15 heavy (non-hydrogen) atoms. The lowest BCUT2D eigenvalue weighted by molar-refractivity contribution is -0.138. The standard InChI is InChI=1S/C10H13NO3.ClH/c1-14-9-5-3-2-4-7(9)6-8(11)10(12)13;/h2-5,8H,6,11H2,1H3,(H,12,13);1H/t8-;/m0./s1. The zero-order valence-electron chi connectivity index (χ0n) is 8.34. The molecular weight excluding hydrogens is 218 g/mol. The van der Waals surface area contributed by atoms with Gasteiger partial charge in [-0.25, -0.2) is 0 Å². The molecule has 0 fully saturated rings. The summed E-state index contributed by atoms with van der Waals surface area (Å²) < 4.78 is 5.08. The SMILES string of the molecule is COc1ccccc1C[C@H](N)C(=O)O.Cl. The Bertz CT molecular complexity index is 330. The van der Waals surface area contributed by atoms with E-state index >= 15 is 0 Å². The molecule has 0 bridgehead atoms. The molecule has 0 saturated heterocycles. The second kappa shape index (κ2) is 6.27. The number of halogens is 1. The van der Waals surface area contributed by atoms with Crippen molar-refractivity contribution in [3.05, 3.63) is 29.8 Å². The maximum absolute atomic E-state index is 10.5. The van der Waals surface area contributed by atoms with Crippen molar-refractivity contribution in [3.8, 4) is 5.75 Å². The molecule has 0 amide bonds. The molecule has 4 nitrogen and oxygen atoms in total. The summed E-state index contributed by atoms with van der Waals surface area (Å²) >= 11 is 0. The molecule has 84 valence electrons. The summed E-state index contributed by atoms with van der Waals surface area (Å²) in [5.74, 6) is -0.333. The van der Waals surface area contributed by atoms with E-state index in [1.165, 1.54) is 0 Å². The van der Waals surface area contributed by atoms with Gasteiger partial charge in [0.1, 0.15) is 11.8 Å².